The molecule has 0 fully saturated rings. The highest BCUT2D eigenvalue weighted by atomic mass is 32.2. The summed E-state index contributed by atoms with van der Waals surface area (Å²) >= 11 is 0. The van der Waals surface area contributed by atoms with Gasteiger partial charge < -0.3 is 5.73 Å². The van der Waals surface area contributed by atoms with Crippen molar-refractivity contribution >= 4 is 15.7 Å². The average molecular weight is 294 g/mol. The summed E-state index contributed by atoms with van der Waals surface area (Å²) in [4.78, 5) is 0. The van der Waals surface area contributed by atoms with Crippen LogP contribution in [-0.2, 0) is 22.3 Å². The highest BCUT2D eigenvalue weighted by Crippen LogP contribution is 2.11. The first kappa shape index (κ1) is 14.5. The molecule has 106 valence electrons. The van der Waals surface area contributed by atoms with E-state index >= 15 is 0 Å². The molecule has 0 spiro atoms. The quantitative estimate of drug-likeness (QED) is 0.829. The maximum Gasteiger partial charge on any atom is 0.216 e. The van der Waals surface area contributed by atoms with Crippen LogP contribution in [-0.4, -0.2) is 8.42 Å². The summed E-state index contributed by atoms with van der Waals surface area (Å²) in [6, 6.07) is 12.7. The lowest BCUT2D eigenvalue weighted by atomic mass is 10.2. The average Bonchev–Trinajstić information content (AvgIpc) is 2.37. The second-order valence-electron chi connectivity index (χ2n) is 4.42. The van der Waals surface area contributed by atoms with Crippen LogP contribution in [0.2, 0.25) is 0 Å². The molecular weight excluding hydrogens is 279 g/mol. The number of nitrogens with two attached hydrogens (primary N) is 1. The number of halogens is 1. The van der Waals surface area contributed by atoms with E-state index < -0.39 is 15.8 Å². The molecule has 4 nitrogen and oxygen atoms in total. The fraction of sp³-hybridized carbons (Fsp3) is 0.143. The zero-order valence-electron chi connectivity index (χ0n) is 10.7. The van der Waals surface area contributed by atoms with Crippen molar-refractivity contribution in [2.45, 2.75) is 12.3 Å². The number of sulfonamides is 1. The van der Waals surface area contributed by atoms with Crippen molar-refractivity contribution in [3.8, 4) is 0 Å². The number of benzene rings is 2. The van der Waals surface area contributed by atoms with Crippen LogP contribution in [0, 0.1) is 5.82 Å². The first-order valence-corrected chi connectivity index (χ1v) is 7.67. The third kappa shape index (κ3) is 4.04. The molecule has 0 heterocycles. The zero-order valence-corrected chi connectivity index (χ0v) is 11.5. The van der Waals surface area contributed by atoms with Crippen molar-refractivity contribution in [2.24, 2.45) is 0 Å². The van der Waals surface area contributed by atoms with Crippen LogP contribution in [0.25, 0.3) is 0 Å². The number of anilines is 1. The topological polar surface area (TPSA) is 72.2 Å². The van der Waals surface area contributed by atoms with Crippen molar-refractivity contribution < 1.29 is 12.8 Å². The van der Waals surface area contributed by atoms with Gasteiger partial charge in [-0.15, -0.1) is 0 Å². The van der Waals surface area contributed by atoms with Gasteiger partial charge in [0, 0.05) is 17.8 Å². The Morgan fingerprint density at radius 2 is 1.85 bits per heavy atom. The fourth-order valence-corrected chi connectivity index (χ4v) is 2.88. The molecule has 0 unspecified atom stereocenters. The molecule has 20 heavy (non-hydrogen) atoms. The first-order valence-electron chi connectivity index (χ1n) is 6.01. The lowest BCUT2D eigenvalue weighted by molar-refractivity contribution is 0.573. The molecule has 0 aliphatic heterocycles. The summed E-state index contributed by atoms with van der Waals surface area (Å²) in [5.74, 6) is -0.619. The van der Waals surface area contributed by atoms with Crippen molar-refractivity contribution in [2.75, 3.05) is 5.73 Å². The predicted molar refractivity (Wildman–Crippen MR) is 76.7 cm³/mol. The second-order valence-corrected chi connectivity index (χ2v) is 6.22. The van der Waals surface area contributed by atoms with E-state index in [0.29, 0.717) is 16.8 Å². The smallest absolute Gasteiger partial charge is 0.216 e. The largest absolute Gasteiger partial charge is 0.399 e. The maximum atomic E-state index is 13.4. The number of hydrogen-bond acceptors (Lipinski definition) is 3. The Balaban J connectivity index is 2.03. The van der Waals surface area contributed by atoms with Gasteiger partial charge in [0.2, 0.25) is 10.0 Å². The molecule has 0 aliphatic rings. The Kier molecular flexibility index (Phi) is 4.36. The van der Waals surface area contributed by atoms with Gasteiger partial charge in [-0.1, -0.05) is 30.3 Å². The summed E-state index contributed by atoms with van der Waals surface area (Å²) in [6.07, 6.45) is 0. The molecule has 6 heteroatoms. The summed E-state index contributed by atoms with van der Waals surface area (Å²) in [5, 5.41) is 0. The van der Waals surface area contributed by atoms with Gasteiger partial charge in [-0.05, 0) is 23.8 Å². The number of nitrogen functional groups attached to an aromatic ring is 1. The van der Waals surface area contributed by atoms with Crippen molar-refractivity contribution in [1.29, 1.82) is 0 Å². The van der Waals surface area contributed by atoms with E-state index in [1.54, 1.807) is 42.5 Å². The third-order valence-electron chi connectivity index (χ3n) is 2.75. The van der Waals surface area contributed by atoms with Crippen molar-refractivity contribution in [3.63, 3.8) is 0 Å². The van der Waals surface area contributed by atoms with Gasteiger partial charge in [0.1, 0.15) is 5.82 Å². The van der Waals surface area contributed by atoms with Crippen molar-refractivity contribution in [1.82, 2.24) is 4.72 Å². The van der Waals surface area contributed by atoms with E-state index in [4.69, 9.17) is 5.73 Å². The zero-order chi connectivity index (χ0) is 14.6. The van der Waals surface area contributed by atoms with E-state index in [0.717, 1.165) is 0 Å². The van der Waals surface area contributed by atoms with Gasteiger partial charge in [0.15, 0.2) is 0 Å². The molecule has 0 bridgehead atoms. The monoisotopic (exact) mass is 294 g/mol. The Morgan fingerprint density at radius 3 is 2.55 bits per heavy atom. The van der Waals surface area contributed by atoms with Gasteiger partial charge in [0.25, 0.3) is 0 Å². The van der Waals surface area contributed by atoms with Gasteiger partial charge in [-0.2, -0.15) is 0 Å². The van der Waals surface area contributed by atoms with Gasteiger partial charge in [-0.25, -0.2) is 17.5 Å². The predicted octanol–water partition coefficient (Wildman–Crippen LogP) is 2.03. The molecule has 0 radical (unpaired) electrons. The Bertz CT molecular complexity index is 702. The molecule has 0 saturated carbocycles. The Hall–Kier alpha value is -1.92. The van der Waals surface area contributed by atoms with Gasteiger partial charge >= 0.3 is 0 Å². The van der Waals surface area contributed by atoms with Crippen LogP contribution in [0.4, 0.5) is 10.1 Å². The van der Waals surface area contributed by atoms with E-state index in [1.165, 1.54) is 6.07 Å². The van der Waals surface area contributed by atoms with Crippen LogP contribution in [0.5, 0.6) is 0 Å². The molecular formula is C14H15FN2O2S. The Morgan fingerprint density at radius 1 is 1.10 bits per heavy atom. The van der Waals surface area contributed by atoms with Crippen LogP contribution in [0.15, 0.2) is 48.5 Å². The van der Waals surface area contributed by atoms with E-state index in [1.807, 2.05) is 0 Å². The SMILES string of the molecule is Nc1cccc(CS(=O)(=O)NCc2ccccc2F)c1. The number of rotatable bonds is 5. The second kappa shape index (κ2) is 6.02. The molecule has 0 aromatic heterocycles. The summed E-state index contributed by atoms with van der Waals surface area (Å²) in [7, 11) is -3.54. The molecule has 2 rings (SSSR count). The van der Waals surface area contributed by atoms with Crippen LogP contribution in [0.1, 0.15) is 11.1 Å². The fourth-order valence-electron chi connectivity index (χ4n) is 1.78. The minimum Gasteiger partial charge on any atom is -0.399 e. The highest BCUT2D eigenvalue weighted by Gasteiger charge is 2.12. The molecule has 3 N–H and O–H groups in total. The Labute approximate surface area is 117 Å². The molecule has 0 atom stereocenters. The number of nitrogens with one attached hydrogen (secondary N) is 1. The van der Waals surface area contributed by atoms with Gasteiger partial charge in [0.05, 0.1) is 5.75 Å². The maximum absolute atomic E-state index is 13.4. The normalized spacial score (nSPS) is 11.4. The molecule has 0 saturated heterocycles. The van der Waals surface area contributed by atoms with Crippen LogP contribution >= 0.6 is 0 Å². The van der Waals surface area contributed by atoms with Crippen molar-refractivity contribution in [3.05, 3.63) is 65.5 Å². The summed E-state index contributed by atoms with van der Waals surface area (Å²) in [6.45, 7) is -0.0721. The third-order valence-corrected chi connectivity index (χ3v) is 4.05. The lowest BCUT2D eigenvalue weighted by Crippen LogP contribution is -2.25. The minimum atomic E-state index is -3.54. The first-order chi connectivity index (χ1) is 9.46. The molecule has 2 aromatic carbocycles. The minimum absolute atomic E-state index is 0.0721. The molecule has 0 aliphatic carbocycles. The highest BCUT2D eigenvalue weighted by molar-refractivity contribution is 7.88. The molecule has 0 amide bonds. The van der Waals surface area contributed by atoms with Crippen LogP contribution < -0.4 is 10.5 Å². The van der Waals surface area contributed by atoms with E-state index in [2.05, 4.69) is 4.72 Å². The summed E-state index contributed by atoms with van der Waals surface area (Å²) in [5.41, 5.74) is 7.00. The summed E-state index contributed by atoms with van der Waals surface area (Å²) < 4.78 is 39.6. The van der Waals surface area contributed by atoms with E-state index in [9.17, 15) is 12.8 Å². The molecule has 2 aromatic rings. The standard InChI is InChI=1S/C14H15FN2O2S/c15-14-7-2-1-5-12(14)9-17-20(18,19)10-11-4-3-6-13(16)8-11/h1-8,17H,9-10,16H2. The van der Waals surface area contributed by atoms with Gasteiger partial charge in [-0.3, -0.25) is 0 Å². The van der Waals surface area contributed by atoms with E-state index in [-0.39, 0.29) is 12.3 Å². The number of hydrogen-bond donors (Lipinski definition) is 2. The van der Waals surface area contributed by atoms with Crippen LogP contribution in [0.3, 0.4) is 0 Å². The lowest BCUT2D eigenvalue weighted by Gasteiger charge is -2.08.